The van der Waals surface area contributed by atoms with Gasteiger partial charge in [0.25, 0.3) is 11.8 Å². The third-order valence-electron chi connectivity index (χ3n) is 3.61. The molecule has 8 heteroatoms. The number of benzene rings is 1. The van der Waals surface area contributed by atoms with E-state index < -0.39 is 23.6 Å². The Kier molecular flexibility index (Phi) is 2.36. The molecule has 1 aromatic rings. The lowest BCUT2D eigenvalue weighted by atomic mass is 10.1. The highest BCUT2D eigenvalue weighted by Gasteiger charge is 2.68. The third kappa shape index (κ3) is 2.05. The molecule has 2 aliphatic heterocycles. The molecule has 0 radical (unpaired) electrons. The Hall–Kier alpha value is -2.74. The second-order valence-corrected chi connectivity index (χ2v) is 5.02. The number of urea groups is 1. The number of barbiturate groups is 1. The molecule has 1 aromatic carbocycles. The van der Waals surface area contributed by atoms with Crippen molar-refractivity contribution >= 4 is 29.2 Å². The molecule has 21 heavy (non-hydrogen) atoms. The first-order valence-electron chi connectivity index (χ1n) is 6.39. The van der Waals surface area contributed by atoms with Gasteiger partial charge in [-0.25, -0.2) is 4.79 Å². The fourth-order valence-corrected chi connectivity index (χ4v) is 2.31. The predicted molar refractivity (Wildman–Crippen MR) is 70.6 cm³/mol. The molecular formula is C13H10N4O4. The van der Waals surface area contributed by atoms with Crippen molar-refractivity contribution in [3.8, 4) is 0 Å². The van der Waals surface area contributed by atoms with Crippen molar-refractivity contribution in [1.29, 1.82) is 0 Å². The SMILES string of the molecule is O=C1NC(=O)C(=NNc2ccc(C3C4OC43)cc2)C(=O)N1. The first-order valence-corrected chi connectivity index (χ1v) is 6.39. The fraction of sp³-hybridized carbons (Fsp3) is 0.231. The number of imide groups is 2. The molecule has 3 fully saturated rings. The Balaban J connectivity index is 1.45. The van der Waals surface area contributed by atoms with Crippen LogP contribution in [0.5, 0.6) is 0 Å². The number of nitrogens with one attached hydrogen (secondary N) is 3. The Morgan fingerprint density at radius 3 is 2.14 bits per heavy atom. The maximum Gasteiger partial charge on any atom is 0.328 e. The Labute approximate surface area is 118 Å². The minimum atomic E-state index is -0.849. The summed E-state index contributed by atoms with van der Waals surface area (Å²) in [6, 6.07) is 6.67. The number of anilines is 1. The van der Waals surface area contributed by atoms with Crippen LogP contribution in [0.15, 0.2) is 29.4 Å². The van der Waals surface area contributed by atoms with Crippen molar-refractivity contribution in [3.63, 3.8) is 0 Å². The van der Waals surface area contributed by atoms with Gasteiger partial charge in [0.2, 0.25) is 5.71 Å². The highest BCUT2D eigenvalue weighted by Crippen LogP contribution is 2.59. The van der Waals surface area contributed by atoms with Gasteiger partial charge in [0.1, 0.15) is 0 Å². The molecule has 106 valence electrons. The van der Waals surface area contributed by atoms with Crippen molar-refractivity contribution in [3.05, 3.63) is 29.8 Å². The van der Waals surface area contributed by atoms with Gasteiger partial charge in [-0.2, -0.15) is 5.10 Å². The molecule has 4 amide bonds. The number of ether oxygens (including phenoxy) is 1. The van der Waals surface area contributed by atoms with Crippen molar-refractivity contribution in [2.24, 2.45) is 5.10 Å². The summed E-state index contributed by atoms with van der Waals surface area (Å²) in [6.45, 7) is 0. The van der Waals surface area contributed by atoms with Crippen LogP contribution >= 0.6 is 0 Å². The minimum absolute atomic E-state index is 0.393. The quantitative estimate of drug-likeness (QED) is 0.521. The van der Waals surface area contributed by atoms with Gasteiger partial charge in [-0.15, -0.1) is 0 Å². The second-order valence-electron chi connectivity index (χ2n) is 5.02. The van der Waals surface area contributed by atoms with Crippen LogP contribution in [-0.4, -0.2) is 35.8 Å². The minimum Gasteiger partial charge on any atom is -0.368 e. The normalized spacial score (nSPS) is 29.2. The van der Waals surface area contributed by atoms with Gasteiger partial charge in [-0.05, 0) is 17.7 Å². The van der Waals surface area contributed by atoms with Crippen LogP contribution in [0.4, 0.5) is 10.5 Å². The van der Waals surface area contributed by atoms with Gasteiger partial charge >= 0.3 is 6.03 Å². The summed E-state index contributed by atoms with van der Waals surface area (Å²) in [5.74, 6) is -1.16. The van der Waals surface area contributed by atoms with Gasteiger partial charge in [-0.3, -0.25) is 25.6 Å². The summed E-state index contributed by atoms with van der Waals surface area (Å²) in [4.78, 5) is 33.8. The lowest BCUT2D eigenvalue weighted by Crippen LogP contribution is -2.56. The Bertz CT molecular complexity index is 667. The summed E-state index contributed by atoms with van der Waals surface area (Å²) in [7, 11) is 0. The molecule has 0 bridgehead atoms. The number of carbonyl (C=O) groups excluding carboxylic acids is 3. The predicted octanol–water partition coefficient (Wildman–Crippen LogP) is -0.315. The lowest BCUT2D eigenvalue weighted by molar-refractivity contribution is -0.119. The third-order valence-corrected chi connectivity index (χ3v) is 3.61. The van der Waals surface area contributed by atoms with Crippen LogP contribution in [0.2, 0.25) is 0 Å². The number of fused-ring (bicyclic) bond motifs is 1. The second kappa shape index (κ2) is 4.13. The van der Waals surface area contributed by atoms with Crippen LogP contribution in [0.3, 0.4) is 0 Å². The van der Waals surface area contributed by atoms with E-state index in [9.17, 15) is 14.4 Å². The van der Waals surface area contributed by atoms with Gasteiger partial charge < -0.3 is 4.74 Å². The molecule has 8 nitrogen and oxygen atoms in total. The van der Waals surface area contributed by atoms with E-state index in [1.807, 2.05) is 22.8 Å². The summed E-state index contributed by atoms with van der Waals surface area (Å²) in [5.41, 5.74) is 4.07. The van der Waals surface area contributed by atoms with Crippen LogP contribution in [-0.2, 0) is 14.3 Å². The van der Waals surface area contributed by atoms with Gasteiger partial charge in [0, 0.05) is 5.92 Å². The monoisotopic (exact) mass is 286 g/mol. The first kappa shape index (κ1) is 12.0. The molecule has 3 aliphatic rings. The summed E-state index contributed by atoms with van der Waals surface area (Å²) in [6.07, 6.45) is 0.799. The van der Waals surface area contributed by atoms with Crippen LogP contribution in [0.25, 0.3) is 0 Å². The van der Waals surface area contributed by atoms with Crippen LogP contribution in [0, 0.1) is 0 Å². The largest absolute Gasteiger partial charge is 0.368 e. The maximum atomic E-state index is 11.5. The van der Waals surface area contributed by atoms with E-state index in [0.29, 0.717) is 23.8 Å². The fourth-order valence-electron chi connectivity index (χ4n) is 2.31. The zero-order chi connectivity index (χ0) is 14.6. The zero-order valence-corrected chi connectivity index (χ0v) is 10.6. The average molecular weight is 286 g/mol. The van der Waals surface area contributed by atoms with E-state index in [4.69, 9.17) is 4.74 Å². The number of carbonyl (C=O) groups is 3. The van der Waals surface area contributed by atoms with E-state index >= 15 is 0 Å². The molecule has 0 aromatic heterocycles. The highest BCUT2D eigenvalue weighted by atomic mass is 16.6. The standard InChI is InChI=1S/C13H10N4O4/c18-11-8(12(19)15-13(20)14-11)17-16-6-3-1-5(2-4-6)7-9-10(7)21-9/h1-4,7,9-10,16H,(H2,14,15,18,19,20). The van der Waals surface area contributed by atoms with Crippen molar-refractivity contribution in [1.82, 2.24) is 10.6 Å². The summed E-state index contributed by atoms with van der Waals surface area (Å²) >= 11 is 0. The molecule has 4 rings (SSSR count). The van der Waals surface area contributed by atoms with E-state index in [0.717, 1.165) is 0 Å². The molecule has 2 atom stereocenters. The molecule has 2 saturated heterocycles. The molecular weight excluding hydrogens is 276 g/mol. The molecule has 1 aliphatic carbocycles. The number of hydrazone groups is 1. The Morgan fingerprint density at radius 1 is 1.00 bits per heavy atom. The zero-order valence-electron chi connectivity index (χ0n) is 10.6. The summed E-state index contributed by atoms with van der Waals surface area (Å²) in [5, 5.41) is 7.62. The van der Waals surface area contributed by atoms with Gasteiger partial charge in [-0.1, -0.05) is 12.1 Å². The average Bonchev–Trinajstić information content (AvgIpc) is 3.30. The smallest absolute Gasteiger partial charge is 0.328 e. The topological polar surface area (TPSA) is 112 Å². The number of hydrogen-bond donors (Lipinski definition) is 3. The van der Waals surface area contributed by atoms with Crippen molar-refractivity contribution < 1.29 is 19.1 Å². The molecule has 2 unspecified atom stereocenters. The lowest BCUT2D eigenvalue weighted by Gasteiger charge is -2.13. The first-order chi connectivity index (χ1) is 10.1. The van der Waals surface area contributed by atoms with Crippen LogP contribution in [0.1, 0.15) is 11.5 Å². The number of epoxide rings is 1. The Morgan fingerprint density at radius 2 is 1.62 bits per heavy atom. The maximum absolute atomic E-state index is 11.5. The molecule has 2 heterocycles. The summed E-state index contributed by atoms with van der Waals surface area (Å²) < 4.78 is 5.21. The van der Waals surface area contributed by atoms with Crippen LogP contribution < -0.4 is 16.1 Å². The van der Waals surface area contributed by atoms with E-state index in [1.165, 1.54) is 5.56 Å². The van der Waals surface area contributed by atoms with E-state index in [1.54, 1.807) is 12.1 Å². The van der Waals surface area contributed by atoms with Crippen molar-refractivity contribution in [2.45, 2.75) is 18.1 Å². The number of hydrogen-bond acceptors (Lipinski definition) is 6. The van der Waals surface area contributed by atoms with E-state index in [2.05, 4.69) is 10.5 Å². The number of nitrogens with zero attached hydrogens (tertiary/aromatic N) is 1. The molecule has 3 N–H and O–H groups in total. The van der Waals surface area contributed by atoms with E-state index in [-0.39, 0.29) is 0 Å². The number of rotatable bonds is 3. The number of amides is 4. The molecule has 1 saturated carbocycles. The van der Waals surface area contributed by atoms with Crippen molar-refractivity contribution in [2.75, 3.05) is 5.43 Å². The van der Waals surface area contributed by atoms with Gasteiger partial charge in [0.05, 0.1) is 17.9 Å². The van der Waals surface area contributed by atoms with Gasteiger partial charge in [0.15, 0.2) is 0 Å². The molecule has 0 spiro atoms. The highest BCUT2D eigenvalue weighted by molar-refractivity contribution is 6.68.